The fourth-order valence-electron chi connectivity index (χ4n) is 1.65. The molecule has 0 spiro atoms. The number of halogens is 2. The molecule has 0 fully saturated rings. The quantitative estimate of drug-likeness (QED) is 0.462. The molecule has 3 N–H and O–H groups in total. The molecule has 0 aliphatic heterocycles. The molecule has 0 aliphatic rings. The summed E-state index contributed by atoms with van der Waals surface area (Å²) in [4.78, 5) is 0. The molecule has 2 aromatic rings. The summed E-state index contributed by atoms with van der Waals surface area (Å²) in [6.07, 6.45) is 0. The number of hydrogen-bond acceptors (Lipinski definition) is 3. The van der Waals surface area contributed by atoms with Crippen LogP contribution in [0, 0.1) is 5.41 Å². The van der Waals surface area contributed by atoms with Gasteiger partial charge in [0.1, 0.15) is 30.5 Å². The van der Waals surface area contributed by atoms with Crippen molar-refractivity contribution in [3.05, 3.63) is 57.5 Å². The molecule has 2 rings (SSSR count). The zero-order chi connectivity index (χ0) is 15.2. The summed E-state index contributed by atoms with van der Waals surface area (Å²) in [6, 6.07) is 12.6. The Labute approximate surface area is 136 Å². The van der Waals surface area contributed by atoms with Crippen molar-refractivity contribution in [2.45, 2.75) is 0 Å². The molecule has 0 atom stereocenters. The third kappa shape index (κ3) is 4.65. The fraction of sp³-hybridized carbons (Fsp3) is 0.133. The first-order chi connectivity index (χ1) is 10.1. The molecule has 0 unspecified atom stereocenters. The van der Waals surface area contributed by atoms with Gasteiger partial charge in [-0.3, -0.25) is 5.41 Å². The molecule has 0 saturated heterocycles. The molecule has 0 aromatic heterocycles. The lowest BCUT2D eigenvalue weighted by Crippen LogP contribution is -2.12. The smallest absolute Gasteiger partial charge is 0.138 e. The van der Waals surface area contributed by atoms with Crippen molar-refractivity contribution in [3.63, 3.8) is 0 Å². The summed E-state index contributed by atoms with van der Waals surface area (Å²) in [7, 11) is 0. The highest BCUT2D eigenvalue weighted by Crippen LogP contribution is 2.25. The minimum atomic E-state index is -0.0264. The Morgan fingerprint density at radius 3 is 2.57 bits per heavy atom. The van der Waals surface area contributed by atoms with Gasteiger partial charge in [-0.2, -0.15) is 0 Å². The second-order valence-corrected chi connectivity index (χ2v) is 5.54. The highest BCUT2D eigenvalue weighted by Gasteiger charge is 2.05. The first-order valence-electron chi connectivity index (χ1n) is 6.21. The average molecular weight is 370 g/mol. The Morgan fingerprint density at radius 1 is 1.14 bits per heavy atom. The van der Waals surface area contributed by atoms with E-state index in [-0.39, 0.29) is 5.84 Å². The molecule has 0 bridgehead atoms. The lowest BCUT2D eigenvalue weighted by Gasteiger charge is -2.10. The van der Waals surface area contributed by atoms with E-state index in [1.807, 2.05) is 24.3 Å². The zero-order valence-corrected chi connectivity index (χ0v) is 13.4. The normalized spacial score (nSPS) is 10.2. The number of hydrogen-bond donors (Lipinski definition) is 2. The van der Waals surface area contributed by atoms with Gasteiger partial charge in [-0.1, -0.05) is 33.6 Å². The van der Waals surface area contributed by atoms with Crippen molar-refractivity contribution in [1.29, 1.82) is 5.41 Å². The first kappa shape index (κ1) is 15.7. The second-order valence-electron chi connectivity index (χ2n) is 4.21. The molecule has 110 valence electrons. The third-order valence-electron chi connectivity index (χ3n) is 2.65. The van der Waals surface area contributed by atoms with E-state index < -0.39 is 0 Å². The molecule has 4 nitrogen and oxygen atoms in total. The van der Waals surface area contributed by atoms with Crippen molar-refractivity contribution >= 4 is 33.4 Å². The molecule has 0 radical (unpaired) electrons. The van der Waals surface area contributed by atoms with Crippen molar-refractivity contribution in [2.24, 2.45) is 5.73 Å². The molecular weight excluding hydrogens is 356 g/mol. The molecule has 6 heteroatoms. The Kier molecular flexibility index (Phi) is 5.47. The van der Waals surface area contributed by atoms with Crippen molar-refractivity contribution in [2.75, 3.05) is 13.2 Å². The number of benzene rings is 2. The Balaban J connectivity index is 1.85. The van der Waals surface area contributed by atoms with Gasteiger partial charge >= 0.3 is 0 Å². The lowest BCUT2D eigenvalue weighted by atomic mass is 10.2. The molecule has 2 aromatic carbocycles. The van der Waals surface area contributed by atoms with Gasteiger partial charge in [0.2, 0.25) is 0 Å². The summed E-state index contributed by atoms with van der Waals surface area (Å²) in [5.41, 5.74) is 5.96. The van der Waals surface area contributed by atoms with Crippen LogP contribution in [0.5, 0.6) is 11.5 Å². The number of nitrogens with two attached hydrogens (primary N) is 1. The highest BCUT2D eigenvalue weighted by molar-refractivity contribution is 9.10. The summed E-state index contributed by atoms with van der Waals surface area (Å²) >= 11 is 9.45. The number of rotatable bonds is 6. The maximum atomic E-state index is 7.34. The maximum Gasteiger partial charge on any atom is 0.138 e. The van der Waals surface area contributed by atoms with Gasteiger partial charge in [-0.25, -0.2) is 0 Å². The molecule has 21 heavy (non-hydrogen) atoms. The van der Waals surface area contributed by atoms with Crippen LogP contribution in [0.1, 0.15) is 5.56 Å². The van der Waals surface area contributed by atoms with Crippen LogP contribution in [-0.2, 0) is 0 Å². The Hall–Kier alpha value is -1.72. The van der Waals surface area contributed by atoms with Crippen molar-refractivity contribution < 1.29 is 9.47 Å². The van der Waals surface area contributed by atoms with Gasteiger partial charge in [-0.15, -0.1) is 0 Å². The van der Waals surface area contributed by atoms with Crippen LogP contribution in [0.4, 0.5) is 0 Å². The largest absolute Gasteiger partial charge is 0.490 e. The predicted octanol–water partition coefficient (Wildman–Crippen LogP) is 3.84. The van der Waals surface area contributed by atoms with E-state index in [0.29, 0.717) is 29.5 Å². The number of nitrogen functional groups attached to an aromatic ring is 1. The van der Waals surface area contributed by atoms with Crippen LogP contribution in [0.25, 0.3) is 0 Å². The van der Waals surface area contributed by atoms with E-state index in [1.165, 1.54) is 0 Å². The monoisotopic (exact) mass is 368 g/mol. The SMILES string of the molecule is N=C(N)c1ccc(OCCOc2cccc(Br)c2)c(Cl)c1. The minimum Gasteiger partial charge on any atom is -0.490 e. The predicted molar refractivity (Wildman–Crippen MR) is 87.6 cm³/mol. The Morgan fingerprint density at radius 2 is 1.90 bits per heavy atom. The minimum absolute atomic E-state index is 0.0264. The maximum absolute atomic E-state index is 7.34. The van der Waals surface area contributed by atoms with Crippen LogP contribution in [-0.4, -0.2) is 19.0 Å². The van der Waals surface area contributed by atoms with Crippen molar-refractivity contribution in [3.8, 4) is 11.5 Å². The number of amidine groups is 1. The standard InChI is InChI=1S/C15H14BrClN2O2/c16-11-2-1-3-12(9-11)20-6-7-21-14-5-4-10(15(18)19)8-13(14)17/h1-5,8-9H,6-7H2,(H3,18,19). The van der Waals surface area contributed by atoms with E-state index >= 15 is 0 Å². The van der Waals surface area contributed by atoms with Gasteiger partial charge < -0.3 is 15.2 Å². The Bertz CT molecular complexity index is 649. The summed E-state index contributed by atoms with van der Waals surface area (Å²) in [5.74, 6) is 1.28. The van der Waals surface area contributed by atoms with Gasteiger partial charge in [0.25, 0.3) is 0 Å². The van der Waals surface area contributed by atoms with Crippen LogP contribution in [0.15, 0.2) is 46.9 Å². The van der Waals surface area contributed by atoms with Crippen LogP contribution in [0.3, 0.4) is 0 Å². The van der Waals surface area contributed by atoms with Crippen molar-refractivity contribution in [1.82, 2.24) is 0 Å². The lowest BCUT2D eigenvalue weighted by molar-refractivity contribution is 0.217. The van der Waals surface area contributed by atoms with E-state index in [9.17, 15) is 0 Å². The van der Waals surface area contributed by atoms with E-state index in [4.69, 9.17) is 32.2 Å². The van der Waals surface area contributed by atoms with E-state index in [2.05, 4.69) is 15.9 Å². The average Bonchev–Trinajstić information content (AvgIpc) is 2.45. The third-order valence-corrected chi connectivity index (χ3v) is 3.44. The fourth-order valence-corrected chi connectivity index (χ4v) is 2.27. The van der Waals surface area contributed by atoms with Gasteiger partial charge in [-0.05, 0) is 36.4 Å². The summed E-state index contributed by atoms with van der Waals surface area (Å²) in [6.45, 7) is 0.771. The van der Waals surface area contributed by atoms with Gasteiger partial charge in [0.15, 0.2) is 0 Å². The van der Waals surface area contributed by atoms with E-state index in [1.54, 1.807) is 18.2 Å². The zero-order valence-electron chi connectivity index (χ0n) is 11.1. The summed E-state index contributed by atoms with van der Waals surface area (Å²) < 4.78 is 12.1. The van der Waals surface area contributed by atoms with Gasteiger partial charge in [0, 0.05) is 10.0 Å². The molecule has 0 aliphatic carbocycles. The van der Waals surface area contributed by atoms with Crippen LogP contribution in [0.2, 0.25) is 5.02 Å². The first-order valence-corrected chi connectivity index (χ1v) is 7.38. The number of ether oxygens (including phenoxy) is 2. The van der Waals surface area contributed by atoms with Crippen LogP contribution >= 0.6 is 27.5 Å². The number of nitrogens with one attached hydrogen (secondary N) is 1. The summed E-state index contributed by atoms with van der Waals surface area (Å²) in [5, 5.41) is 7.76. The molecule has 0 saturated carbocycles. The highest BCUT2D eigenvalue weighted by atomic mass is 79.9. The van der Waals surface area contributed by atoms with Gasteiger partial charge in [0.05, 0.1) is 5.02 Å². The molecule has 0 heterocycles. The molecule has 0 amide bonds. The van der Waals surface area contributed by atoms with Crippen LogP contribution < -0.4 is 15.2 Å². The topological polar surface area (TPSA) is 68.3 Å². The molecular formula is C15H14BrClN2O2. The van der Waals surface area contributed by atoms with E-state index in [0.717, 1.165) is 10.2 Å². The second kappa shape index (κ2) is 7.33.